The molecule has 4 heterocycles. The standard InChI is InChI=1S/C19H35N5O3/c1-2-17(25)24-7-4-14(5-8-24)18-21-19(27-22-18)16-13-15(3-6-20-16)23-9-11-26-12-10-23/h14-16,18-22H,2-13H2,1H3. The third-order valence-corrected chi connectivity index (χ3v) is 6.67. The highest BCUT2D eigenvalue weighted by atomic mass is 16.7. The van der Waals surface area contributed by atoms with E-state index in [0.29, 0.717) is 24.4 Å². The number of likely N-dealkylation sites (tertiary alicyclic amines) is 1. The Hall–Kier alpha value is -0.770. The topological polar surface area (TPSA) is 78.1 Å². The maximum atomic E-state index is 11.9. The van der Waals surface area contributed by atoms with E-state index in [-0.39, 0.29) is 18.3 Å². The zero-order valence-corrected chi connectivity index (χ0v) is 16.5. The van der Waals surface area contributed by atoms with Crippen LogP contribution in [0.15, 0.2) is 0 Å². The van der Waals surface area contributed by atoms with E-state index in [9.17, 15) is 4.79 Å². The summed E-state index contributed by atoms with van der Waals surface area (Å²) in [6.07, 6.45) is 5.16. The first-order valence-corrected chi connectivity index (χ1v) is 10.7. The van der Waals surface area contributed by atoms with Gasteiger partial charge in [-0.15, -0.1) is 0 Å². The van der Waals surface area contributed by atoms with Crippen molar-refractivity contribution in [3.8, 4) is 0 Å². The number of carbonyl (C=O) groups excluding carboxylic acids is 1. The molecule has 0 saturated carbocycles. The van der Waals surface area contributed by atoms with Gasteiger partial charge in [-0.2, -0.15) is 5.48 Å². The molecule has 154 valence electrons. The molecule has 4 saturated heterocycles. The first-order valence-electron chi connectivity index (χ1n) is 10.7. The van der Waals surface area contributed by atoms with E-state index in [4.69, 9.17) is 9.57 Å². The van der Waals surface area contributed by atoms with Gasteiger partial charge in [0.1, 0.15) is 6.23 Å². The van der Waals surface area contributed by atoms with Gasteiger partial charge in [-0.25, -0.2) is 0 Å². The quantitative estimate of drug-likeness (QED) is 0.626. The molecule has 0 aromatic carbocycles. The molecule has 1 amide bonds. The number of hydroxylamine groups is 1. The zero-order chi connectivity index (χ0) is 18.6. The molecule has 0 radical (unpaired) electrons. The number of morpholine rings is 1. The minimum Gasteiger partial charge on any atom is -0.379 e. The monoisotopic (exact) mass is 381 g/mol. The summed E-state index contributed by atoms with van der Waals surface area (Å²) in [6.45, 7) is 8.51. The molecule has 0 aromatic rings. The minimum absolute atomic E-state index is 0.00847. The molecule has 8 heteroatoms. The Labute approximate surface area is 162 Å². The fourth-order valence-electron chi connectivity index (χ4n) is 4.96. The smallest absolute Gasteiger partial charge is 0.222 e. The van der Waals surface area contributed by atoms with E-state index in [2.05, 4.69) is 21.0 Å². The number of nitrogens with one attached hydrogen (secondary N) is 3. The molecule has 4 atom stereocenters. The van der Waals surface area contributed by atoms with Gasteiger partial charge in [0.25, 0.3) is 0 Å². The number of hydrogen-bond acceptors (Lipinski definition) is 7. The van der Waals surface area contributed by atoms with Gasteiger partial charge in [-0.1, -0.05) is 6.92 Å². The van der Waals surface area contributed by atoms with Gasteiger partial charge >= 0.3 is 0 Å². The average molecular weight is 382 g/mol. The molecule has 8 nitrogen and oxygen atoms in total. The Morgan fingerprint density at radius 3 is 2.63 bits per heavy atom. The van der Waals surface area contributed by atoms with Crippen LogP contribution in [0.5, 0.6) is 0 Å². The number of ether oxygens (including phenoxy) is 1. The molecule has 4 unspecified atom stereocenters. The summed E-state index contributed by atoms with van der Waals surface area (Å²) in [5.74, 6) is 0.782. The maximum absolute atomic E-state index is 11.9. The first-order chi connectivity index (χ1) is 13.2. The van der Waals surface area contributed by atoms with Crippen LogP contribution in [0.4, 0.5) is 0 Å². The number of rotatable bonds is 4. The lowest BCUT2D eigenvalue weighted by Gasteiger charge is -2.41. The van der Waals surface area contributed by atoms with E-state index in [0.717, 1.165) is 65.2 Å². The van der Waals surface area contributed by atoms with Crippen molar-refractivity contribution in [1.82, 2.24) is 25.9 Å². The summed E-state index contributed by atoms with van der Waals surface area (Å²) < 4.78 is 5.50. The fourth-order valence-corrected chi connectivity index (χ4v) is 4.96. The summed E-state index contributed by atoms with van der Waals surface area (Å²) in [6, 6.07) is 0.943. The highest BCUT2D eigenvalue weighted by Crippen LogP contribution is 2.25. The Morgan fingerprint density at radius 2 is 1.89 bits per heavy atom. The van der Waals surface area contributed by atoms with Gasteiger partial charge in [0.2, 0.25) is 5.91 Å². The van der Waals surface area contributed by atoms with Crippen LogP contribution in [0.1, 0.15) is 39.0 Å². The summed E-state index contributed by atoms with van der Waals surface area (Å²) in [4.78, 5) is 22.4. The molecular formula is C19H35N5O3. The third-order valence-electron chi connectivity index (χ3n) is 6.67. The molecule has 3 N–H and O–H groups in total. The van der Waals surface area contributed by atoms with Crippen LogP contribution in [-0.4, -0.2) is 86.1 Å². The third kappa shape index (κ3) is 4.63. The van der Waals surface area contributed by atoms with Crippen LogP contribution in [0.25, 0.3) is 0 Å². The number of amides is 1. The molecule has 0 bridgehead atoms. The Morgan fingerprint density at radius 1 is 1.11 bits per heavy atom. The van der Waals surface area contributed by atoms with Crippen molar-refractivity contribution in [2.75, 3.05) is 45.9 Å². The van der Waals surface area contributed by atoms with Crippen molar-refractivity contribution in [3.63, 3.8) is 0 Å². The SMILES string of the molecule is CCC(=O)N1CCC(C2NOC(C3CC(N4CCOCC4)CCN3)N2)CC1. The highest BCUT2D eigenvalue weighted by Gasteiger charge is 2.39. The summed E-state index contributed by atoms with van der Waals surface area (Å²) in [7, 11) is 0. The van der Waals surface area contributed by atoms with Crippen molar-refractivity contribution in [2.45, 2.75) is 63.5 Å². The van der Waals surface area contributed by atoms with E-state index in [1.54, 1.807) is 0 Å². The van der Waals surface area contributed by atoms with Crippen LogP contribution in [0.2, 0.25) is 0 Å². The Bertz CT molecular complexity index is 494. The largest absolute Gasteiger partial charge is 0.379 e. The lowest BCUT2D eigenvalue weighted by molar-refractivity contribution is -0.132. The van der Waals surface area contributed by atoms with Crippen LogP contribution in [0.3, 0.4) is 0 Å². The number of piperidine rings is 2. The summed E-state index contributed by atoms with van der Waals surface area (Å²) in [5.41, 5.74) is 3.24. The lowest BCUT2D eigenvalue weighted by Crippen LogP contribution is -2.57. The maximum Gasteiger partial charge on any atom is 0.222 e. The predicted molar refractivity (Wildman–Crippen MR) is 102 cm³/mol. The fraction of sp³-hybridized carbons (Fsp3) is 0.947. The summed E-state index contributed by atoms with van der Waals surface area (Å²) >= 11 is 0. The predicted octanol–water partition coefficient (Wildman–Crippen LogP) is -0.136. The van der Waals surface area contributed by atoms with Crippen molar-refractivity contribution >= 4 is 5.91 Å². The van der Waals surface area contributed by atoms with Crippen molar-refractivity contribution in [3.05, 3.63) is 0 Å². The molecular weight excluding hydrogens is 346 g/mol. The van der Waals surface area contributed by atoms with Gasteiger partial charge in [0, 0.05) is 38.6 Å². The molecule has 4 rings (SSSR count). The van der Waals surface area contributed by atoms with Crippen LogP contribution in [0, 0.1) is 5.92 Å². The molecule has 4 aliphatic heterocycles. The van der Waals surface area contributed by atoms with Crippen molar-refractivity contribution in [2.24, 2.45) is 5.92 Å². The summed E-state index contributed by atoms with van der Waals surface area (Å²) in [5, 5.41) is 7.31. The molecule has 0 aliphatic carbocycles. The molecule has 4 aliphatic rings. The van der Waals surface area contributed by atoms with Gasteiger partial charge in [-0.05, 0) is 38.1 Å². The second-order valence-corrected chi connectivity index (χ2v) is 8.26. The van der Waals surface area contributed by atoms with E-state index < -0.39 is 0 Å². The molecule has 4 fully saturated rings. The van der Waals surface area contributed by atoms with E-state index >= 15 is 0 Å². The van der Waals surface area contributed by atoms with Crippen LogP contribution < -0.4 is 16.1 Å². The Kier molecular flexibility index (Phi) is 6.62. The minimum atomic E-state index is 0.00847. The number of carbonyl (C=O) groups is 1. The first kappa shape index (κ1) is 19.5. The van der Waals surface area contributed by atoms with Crippen molar-refractivity contribution < 1.29 is 14.4 Å². The average Bonchev–Trinajstić information content (AvgIpc) is 3.24. The van der Waals surface area contributed by atoms with Gasteiger partial charge < -0.3 is 15.0 Å². The van der Waals surface area contributed by atoms with E-state index in [1.165, 1.54) is 6.42 Å². The van der Waals surface area contributed by atoms with Crippen LogP contribution >= 0.6 is 0 Å². The van der Waals surface area contributed by atoms with Crippen molar-refractivity contribution in [1.29, 1.82) is 0 Å². The van der Waals surface area contributed by atoms with Gasteiger partial charge in [0.15, 0.2) is 0 Å². The second-order valence-electron chi connectivity index (χ2n) is 8.26. The molecule has 0 spiro atoms. The van der Waals surface area contributed by atoms with Gasteiger partial charge in [-0.3, -0.25) is 19.8 Å². The second kappa shape index (κ2) is 9.15. The zero-order valence-electron chi connectivity index (χ0n) is 16.5. The van der Waals surface area contributed by atoms with E-state index in [1.807, 2.05) is 11.8 Å². The van der Waals surface area contributed by atoms with Gasteiger partial charge in [0.05, 0.1) is 25.4 Å². The Balaban J connectivity index is 1.25. The molecule has 0 aromatic heterocycles. The number of hydrogen-bond donors (Lipinski definition) is 3. The number of nitrogens with zero attached hydrogens (tertiary/aromatic N) is 2. The highest BCUT2D eigenvalue weighted by molar-refractivity contribution is 5.75. The molecule has 27 heavy (non-hydrogen) atoms. The normalized spacial score (nSPS) is 36.9. The van der Waals surface area contributed by atoms with Crippen LogP contribution in [-0.2, 0) is 14.4 Å². The lowest BCUT2D eigenvalue weighted by atomic mass is 9.93.